The van der Waals surface area contributed by atoms with Crippen molar-refractivity contribution in [3.05, 3.63) is 76.6 Å². The molecule has 1 amide bonds. The molecule has 1 heterocycles. The molecule has 2 unspecified atom stereocenters. The molecular formula is C32H41ClF2N2O5. The number of aryl methyl sites for hydroxylation is 1. The van der Waals surface area contributed by atoms with E-state index in [4.69, 9.17) is 21.8 Å². The van der Waals surface area contributed by atoms with E-state index in [9.17, 15) is 23.2 Å². The van der Waals surface area contributed by atoms with Gasteiger partial charge < -0.3 is 15.5 Å². The average Bonchev–Trinajstić information content (AvgIpc) is 2.94. The largest absolute Gasteiger partial charge is 0.393 e. The van der Waals surface area contributed by atoms with Gasteiger partial charge in [-0.15, -0.1) is 0 Å². The summed E-state index contributed by atoms with van der Waals surface area (Å²) in [5.41, 5.74) is 1.12. The topological polar surface area (TPSA) is 117 Å². The molecule has 230 valence electrons. The van der Waals surface area contributed by atoms with Crippen LogP contribution in [0.5, 0.6) is 0 Å². The molecule has 0 spiro atoms. The van der Waals surface area contributed by atoms with Crippen molar-refractivity contribution in [2.75, 3.05) is 13.2 Å². The number of hydrogen-bond acceptors (Lipinski definition) is 6. The third kappa shape index (κ3) is 12.3. The van der Waals surface area contributed by atoms with Crippen molar-refractivity contribution in [1.82, 2.24) is 10.3 Å². The number of aliphatic hydroxyl groups excluding tert-OH is 2. The fourth-order valence-corrected chi connectivity index (χ4v) is 4.28. The van der Waals surface area contributed by atoms with Crippen LogP contribution in [0.1, 0.15) is 65.1 Å². The second-order valence-electron chi connectivity index (χ2n) is 10.2. The molecule has 3 N–H and O–H groups in total. The Labute approximate surface area is 251 Å². The second kappa shape index (κ2) is 18.3. The maximum Gasteiger partial charge on any atom is 0.251 e. The molecule has 42 heavy (non-hydrogen) atoms. The van der Waals surface area contributed by atoms with Gasteiger partial charge in [-0.3, -0.25) is 19.4 Å². The van der Waals surface area contributed by atoms with Crippen molar-refractivity contribution in [2.24, 2.45) is 5.41 Å². The number of fused-ring (bicyclic) bond motifs is 1. The van der Waals surface area contributed by atoms with Crippen LogP contribution in [0, 0.1) is 17.0 Å². The van der Waals surface area contributed by atoms with Crippen molar-refractivity contribution >= 4 is 39.8 Å². The minimum atomic E-state index is -1.38. The molecule has 3 aromatic rings. The summed E-state index contributed by atoms with van der Waals surface area (Å²) in [5.74, 6) is -1.05. The number of aliphatic hydroxyl groups is 2. The predicted molar refractivity (Wildman–Crippen MR) is 161 cm³/mol. The number of hydrogen-bond donors (Lipinski definition) is 3. The molecule has 0 fully saturated rings. The fraction of sp³-hybridized carbons (Fsp3) is 0.438. The van der Waals surface area contributed by atoms with Crippen LogP contribution < -0.4 is 5.32 Å². The second-order valence-corrected chi connectivity index (χ2v) is 10.6. The number of nitrogens with zero attached hydrogens (tertiary/aromatic N) is 1. The van der Waals surface area contributed by atoms with Gasteiger partial charge in [0.15, 0.2) is 6.10 Å². The predicted octanol–water partition coefficient (Wildman–Crippen LogP) is 5.79. The number of Topliss-reactive ketones (excluding diaryl/α,β-unsaturated/α-hetero) is 2. The van der Waals surface area contributed by atoms with Crippen molar-refractivity contribution in [3.63, 3.8) is 0 Å². The van der Waals surface area contributed by atoms with E-state index in [2.05, 4.69) is 10.3 Å². The van der Waals surface area contributed by atoms with Gasteiger partial charge in [0.1, 0.15) is 23.2 Å². The number of rotatable bonds is 11. The Balaban J connectivity index is 0.000000324. The Morgan fingerprint density at radius 3 is 2.29 bits per heavy atom. The first kappa shape index (κ1) is 36.8. The van der Waals surface area contributed by atoms with Gasteiger partial charge in [0, 0.05) is 35.7 Å². The highest BCUT2D eigenvalue weighted by Crippen LogP contribution is 2.28. The lowest BCUT2D eigenvalue weighted by molar-refractivity contribution is -0.132. The van der Waals surface area contributed by atoms with Crippen LogP contribution in [0.15, 0.2) is 48.7 Å². The first-order chi connectivity index (χ1) is 19.8. The Morgan fingerprint density at radius 1 is 1.05 bits per heavy atom. The van der Waals surface area contributed by atoms with Crippen LogP contribution in [-0.4, -0.2) is 51.9 Å². The van der Waals surface area contributed by atoms with Gasteiger partial charge in [-0.1, -0.05) is 50.9 Å². The zero-order valence-corrected chi connectivity index (χ0v) is 25.6. The smallest absolute Gasteiger partial charge is 0.251 e. The van der Waals surface area contributed by atoms with Gasteiger partial charge in [0.25, 0.3) is 5.91 Å². The lowest BCUT2D eigenvalue weighted by atomic mass is 9.79. The van der Waals surface area contributed by atoms with Crippen LogP contribution in [0.2, 0.25) is 5.02 Å². The number of pyridine rings is 1. The van der Waals surface area contributed by atoms with E-state index >= 15 is 0 Å². The minimum Gasteiger partial charge on any atom is -0.393 e. The first-order valence-electron chi connectivity index (χ1n) is 13.8. The summed E-state index contributed by atoms with van der Waals surface area (Å²) in [5, 5.41) is 22.0. The lowest BCUT2D eigenvalue weighted by Crippen LogP contribution is -2.39. The third-order valence-electron chi connectivity index (χ3n) is 6.69. The molecule has 0 aliphatic rings. The summed E-state index contributed by atoms with van der Waals surface area (Å²) in [7, 11) is 0. The highest BCUT2D eigenvalue weighted by atomic mass is 35.5. The quantitative estimate of drug-likeness (QED) is 0.254. The molecule has 1 aromatic heterocycles. The zero-order chi connectivity index (χ0) is 31.9. The number of carbonyl (C=O) groups excluding carboxylic acids is 3. The highest BCUT2D eigenvalue weighted by molar-refractivity contribution is 6.31. The fourth-order valence-electron chi connectivity index (χ4n) is 4.02. The van der Waals surface area contributed by atoms with E-state index in [1.54, 1.807) is 31.3 Å². The zero-order valence-electron chi connectivity index (χ0n) is 24.8. The van der Waals surface area contributed by atoms with Gasteiger partial charge in [-0.05, 0) is 74.4 Å². The lowest BCUT2D eigenvalue weighted by Gasteiger charge is -2.26. The molecule has 0 saturated carbocycles. The van der Waals surface area contributed by atoms with E-state index in [-0.39, 0.29) is 28.2 Å². The number of benzene rings is 2. The van der Waals surface area contributed by atoms with Gasteiger partial charge >= 0.3 is 0 Å². The minimum absolute atomic E-state index is 0.0539. The summed E-state index contributed by atoms with van der Waals surface area (Å²) < 4.78 is 25.6. The third-order valence-corrected chi connectivity index (χ3v) is 7.11. The molecule has 7 nitrogen and oxygen atoms in total. The number of ketones is 2. The van der Waals surface area contributed by atoms with Crippen LogP contribution in [0.25, 0.3) is 10.8 Å². The average molecular weight is 607 g/mol. The van der Waals surface area contributed by atoms with Crippen LogP contribution in [0.3, 0.4) is 0 Å². The first-order valence-corrected chi connectivity index (χ1v) is 14.2. The number of carbonyl (C=O) groups is 3. The monoisotopic (exact) mass is 606 g/mol. The number of halogens is 3. The molecule has 2 aromatic carbocycles. The number of amides is 1. The molecule has 0 bridgehead atoms. The normalized spacial score (nSPS) is 12.6. The number of aromatic nitrogens is 1. The summed E-state index contributed by atoms with van der Waals surface area (Å²) in [6.45, 7) is 8.64. The molecule has 0 aliphatic carbocycles. The summed E-state index contributed by atoms with van der Waals surface area (Å²) in [6.07, 6.45) is 3.57. The van der Waals surface area contributed by atoms with E-state index in [1.165, 1.54) is 25.1 Å². The Bertz CT molecular complexity index is 1340. The van der Waals surface area contributed by atoms with Crippen molar-refractivity contribution in [3.8, 4) is 0 Å². The molecular weight excluding hydrogens is 566 g/mol. The maximum absolute atomic E-state index is 12.9. The van der Waals surface area contributed by atoms with Crippen LogP contribution in [-0.2, 0) is 27.2 Å². The van der Waals surface area contributed by atoms with Crippen molar-refractivity contribution in [1.29, 1.82) is 0 Å². The van der Waals surface area contributed by atoms with E-state index in [1.807, 2.05) is 26.8 Å². The Hall–Kier alpha value is -3.27. The van der Waals surface area contributed by atoms with E-state index < -0.39 is 24.0 Å². The van der Waals surface area contributed by atoms with Crippen molar-refractivity contribution < 1.29 is 33.4 Å². The molecule has 0 aliphatic heterocycles. The van der Waals surface area contributed by atoms with Gasteiger partial charge in [0.2, 0.25) is 0 Å². The summed E-state index contributed by atoms with van der Waals surface area (Å²) in [6, 6.07) is 11.1. The molecule has 10 heteroatoms. The van der Waals surface area contributed by atoms with Crippen LogP contribution >= 0.6 is 11.6 Å². The highest BCUT2D eigenvalue weighted by Gasteiger charge is 2.28. The van der Waals surface area contributed by atoms with E-state index in [0.29, 0.717) is 25.1 Å². The van der Waals surface area contributed by atoms with E-state index in [0.717, 1.165) is 35.6 Å². The molecule has 0 saturated heterocycles. The Morgan fingerprint density at radius 2 is 1.74 bits per heavy atom. The van der Waals surface area contributed by atoms with Gasteiger partial charge in [0.05, 0.1) is 11.6 Å². The maximum atomic E-state index is 12.9. The SMILES string of the molecule is CC(=O)Cc1cc2cc(F)ccc2cn1.CCCC(C)(CCNC(=O)C(O)CO)C(C)=O.CCc1cccc(F)c1Cl. The molecule has 2 atom stereocenters. The molecule has 3 rings (SSSR count). The number of nitrogens with one attached hydrogen (secondary N) is 1. The Kier molecular flexibility index (Phi) is 16.0. The summed E-state index contributed by atoms with van der Waals surface area (Å²) in [4.78, 5) is 37.7. The van der Waals surface area contributed by atoms with Crippen molar-refractivity contribution in [2.45, 2.75) is 72.8 Å². The van der Waals surface area contributed by atoms with Crippen LogP contribution in [0.4, 0.5) is 8.78 Å². The summed E-state index contributed by atoms with van der Waals surface area (Å²) >= 11 is 5.62. The molecule has 0 radical (unpaired) electrons. The van der Waals surface area contributed by atoms with Gasteiger partial charge in [-0.25, -0.2) is 8.78 Å². The van der Waals surface area contributed by atoms with Gasteiger partial charge in [-0.2, -0.15) is 0 Å². The standard InChI is InChI=1S/C12H10FNO.C12H23NO4.C8H8ClF/c1-8(15)4-12-6-10-5-11(13)3-2-9(10)7-14-12;1-4-5-12(3,9(2)15)6-7-13-11(17)10(16)8-14;1-2-6-4-3-5-7(10)8(6)9/h2-3,5-7H,4H2,1H3;10,14,16H,4-8H2,1-3H3,(H,13,17);3-5H,2H2,1H3.